The predicted octanol–water partition coefficient (Wildman–Crippen LogP) is 4.72. The summed E-state index contributed by atoms with van der Waals surface area (Å²) in [7, 11) is 1.61. The van der Waals surface area contributed by atoms with Gasteiger partial charge in [0.2, 0.25) is 5.91 Å². The van der Waals surface area contributed by atoms with E-state index in [4.69, 9.17) is 4.74 Å². The summed E-state index contributed by atoms with van der Waals surface area (Å²) in [5, 5.41) is 0. The van der Waals surface area contributed by atoms with E-state index < -0.39 is 11.6 Å². The summed E-state index contributed by atoms with van der Waals surface area (Å²) in [6.07, 6.45) is 7.41. The first-order chi connectivity index (χ1) is 15.4. The average Bonchev–Trinajstić information content (AvgIpc) is 3.21. The number of hydrogen-bond donors (Lipinski definition) is 0. The lowest BCUT2D eigenvalue weighted by Crippen LogP contribution is -2.38. The van der Waals surface area contributed by atoms with E-state index >= 15 is 0 Å². The van der Waals surface area contributed by atoms with Gasteiger partial charge < -0.3 is 14.2 Å². The first-order valence-electron chi connectivity index (χ1n) is 10.6. The summed E-state index contributed by atoms with van der Waals surface area (Å²) in [4.78, 5) is 19.0. The van der Waals surface area contributed by atoms with Gasteiger partial charge in [0.05, 0.1) is 24.8 Å². The van der Waals surface area contributed by atoms with Crippen LogP contribution in [0.2, 0.25) is 0 Å². The zero-order chi connectivity index (χ0) is 22.7. The second-order valence-electron chi connectivity index (χ2n) is 7.90. The lowest BCUT2D eigenvalue weighted by atomic mass is 10.00. The van der Waals surface area contributed by atoms with Gasteiger partial charge in [-0.2, -0.15) is 0 Å². The molecule has 3 aromatic rings. The van der Waals surface area contributed by atoms with Crippen molar-refractivity contribution in [3.8, 4) is 11.4 Å². The average molecular weight is 437 g/mol. The van der Waals surface area contributed by atoms with Gasteiger partial charge in [-0.3, -0.25) is 4.79 Å². The number of methoxy groups -OCH3 is 1. The molecule has 1 aliphatic rings. The van der Waals surface area contributed by atoms with Crippen LogP contribution in [-0.2, 0) is 11.2 Å². The molecule has 0 radical (unpaired) electrons. The maximum atomic E-state index is 13.9. The quantitative estimate of drug-likeness (QED) is 0.525. The molecule has 0 aliphatic carbocycles. The van der Waals surface area contributed by atoms with Gasteiger partial charge in [0.1, 0.15) is 17.4 Å². The van der Waals surface area contributed by atoms with Crippen molar-refractivity contribution in [2.75, 3.05) is 20.2 Å². The second-order valence-corrected chi connectivity index (χ2v) is 7.90. The van der Waals surface area contributed by atoms with Crippen molar-refractivity contribution in [1.82, 2.24) is 14.5 Å². The van der Waals surface area contributed by atoms with Gasteiger partial charge >= 0.3 is 0 Å². The molecule has 1 saturated heterocycles. The molecule has 0 unspecified atom stereocenters. The standard InChI is InChI=1S/C25H25F2N3O2/c1-17-15-30(16-28-17)23-8-5-18(13-24(23)32-2)12-20-4-3-10-29(25(20)31)11-9-19-6-7-21(26)14-22(19)27/h5-8,12-16H,3-4,9-11H2,1-2H3. The van der Waals surface area contributed by atoms with E-state index in [1.54, 1.807) is 18.3 Å². The van der Waals surface area contributed by atoms with E-state index in [1.807, 2.05) is 42.0 Å². The van der Waals surface area contributed by atoms with Gasteiger partial charge in [-0.05, 0) is 61.6 Å². The van der Waals surface area contributed by atoms with Crippen LogP contribution in [0.3, 0.4) is 0 Å². The van der Waals surface area contributed by atoms with Gasteiger partial charge in [0.25, 0.3) is 0 Å². The monoisotopic (exact) mass is 437 g/mol. The lowest BCUT2D eigenvalue weighted by molar-refractivity contribution is -0.128. The summed E-state index contributed by atoms with van der Waals surface area (Å²) in [6, 6.07) is 9.34. The molecule has 1 amide bonds. The highest BCUT2D eigenvalue weighted by molar-refractivity contribution is 5.98. The molecular formula is C25H25F2N3O2. The Kier molecular flexibility index (Phi) is 6.35. The van der Waals surface area contributed by atoms with Crippen LogP contribution < -0.4 is 4.74 Å². The molecule has 1 aromatic heterocycles. The van der Waals surface area contributed by atoms with E-state index in [0.717, 1.165) is 29.4 Å². The highest BCUT2D eigenvalue weighted by Crippen LogP contribution is 2.27. The molecule has 0 N–H and O–H groups in total. The third kappa shape index (κ3) is 4.72. The number of aryl methyl sites for hydroxylation is 1. The largest absolute Gasteiger partial charge is 0.495 e. The molecule has 0 saturated carbocycles. The smallest absolute Gasteiger partial charge is 0.249 e. The highest BCUT2D eigenvalue weighted by atomic mass is 19.1. The Morgan fingerprint density at radius 2 is 2.03 bits per heavy atom. The number of imidazole rings is 1. The number of halogens is 2. The Balaban J connectivity index is 1.50. The van der Waals surface area contributed by atoms with Crippen LogP contribution in [0.25, 0.3) is 11.8 Å². The van der Waals surface area contributed by atoms with Crippen molar-refractivity contribution >= 4 is 12.0 Å². The van der Waals surface area contributed by atoms with Gasteiger partial charge in [0, 0.05) is 30.9 Å². The van der Waals surface area contributed by atoms with Crippen molar-refractivity contribution in [2.24, 2.45) is 0 Å². The highest BCUT2D eigenvalue weighted by Gasteiger charge is 2.23. The summed E-state index contributed by atoms with van der Waals surface area (Å²) in [5.74, 6) is -0.545. The number of amides is 1. The maximum absolute atomic E-state index is 13.9. The fourth-order valence-corrected chi connectivity index (χ4v) is 3.95. The molecule has 0 spiro atoms. The molecule has 1 aliphatic heterocycles. The summed E-state index contributed by atoms with van der Waals surface area (Å²) in [6.45, 7) is 2.94. The van der Waals surface area contributed by atoms with Crippen molar-refractivity contribution in [1.29, 1.82) is 0 Å². The van der Waals surface area contributed by atoms with Gasteiger partial charge in [0.15, 0.2) is 0 Å². The molecule has 32 heavy (non-hydrogen) atoms. The van der Waals surface area contributed by atoms with Gasteiger partial charge in [-0.1, -0.05) is 12.1 Å². The Morgan fingerprint density at radius 3 is 2.75 bits per heavy atom. The number of benzene rings is 2. The Morgan fingerprint density at radius 1 is 1.19 bits per heavy atom. The zero-order valence-electron chi connectivity index (χ0n) is 18.1. The van der Waals surface area contributed by atoms with E-state index in [9.17, 15) is 13.6 Å². The van der Waals surface area contributed by atoms with Gasteiger partial charge in [-0.25, -0.2) is 13.8 Å². The fraction of sp³-hybridized carbons (Fsp3) is 0.280. The van der Waals surface area contributed by atoms with Gasteiger partial charge in [-0.15, -0.1) is 0 Å². The number of piperidine rings is 1. The van der Waals surface area contributed by atoms with E-state index in [-0.39, 0.29) is 5.91 Å². The summed E-state index contributed by atoms with van der Waals surface area (Å²) >= 11 is 0. The minimum absolute atomic E-state index is 0.0490. The van der Waals surface area contributed by atoms with E-state index in [1.165, 1.54) is 12.1 Å². The molecule has 2 aromatic carbocycles. The molecule has 4 rings (SSSR count). The van der Waals surface area contributed by atoms with Crippen LogP contribution in [0.5, 0.6) is 5.75 Å². The van der Waals surface area contributed by atoms with Crippen LogP contribution in [0.1, 0.15) is 29.7 Å². The molecular weight excluding hydrogens is 412 g/mol. The topological polar surface area (TPSA) is 47.4 Å². The SMILES string of the molecule is COc1cc(C=C2CCCN(CCc3ccc(F)cc3F)C2=O)ccc1-n1cnc(C)c1. The summed E-state index contributed by atoms with van der Waals surface area (Å²) in [5.41, 5.74) is 3.77. The maximum Gasteiger partial charge on any atom is 0.249 e. The number of carbonyl (C=O) groups is 1. The van der Waals surface area contributed by atoms with Crippen LogP contribution in [-0.4, -0.2) is 40.6 Å². The number of carbonyl (C=O) groups excluding carboxylic acids is 1. The lowest BCUT2D eigenvalue weighted by Gasteiger charge is -2.28. The number of aromatic nitrogens is 2. The predicted molar refractivity (Wildman–Crippen MR) is 119 cm³/mol. The number of rotatable bonds is 6. The molecule has 1 fully saturated rings. The Labute approximate surface area is 186 Å². The van der Waals surface area contributed by atoms with E-state index in [0.29, 0.717) is 42.8 Å². The Hall–Kier alpha value is -3.48. The Bertz CT molecular complexity index is 1170. The molecule has 0 atom stereocenters. The zero-order valence-corrected chi connectivity index (χ0v) is 18.1. The minimum Gasteiger partial charge on any atom is -0.495 e. The third-order valence-corrected chi connectivity index (χ3v) is 5.64. The van der Waals surface area contributed by atoms with Crippen molar-refractivity contribution in [3.05, 3.63) is 83.0 Å². The fourth-order valence-electron chi connectivity index (χ4n) is 3.95. The van der Waals surface area contributed by atoms with Crippen LogP contribution >= 0.6 is 0 Å². The minimum atomic E-state index is -0.602. The number of likely N-dealkylation sites (tertiary alicyclic amines) is 1. The molecule has 0 bridgehead atoms. The molecule has 5 nitrogen and oxygen atoms in total. The first kappa shape index (κ1) is 21.7. The second kappa shape index (κ2) is 9.34. The van der Waals surface area contributed by atoms with Crippen LogP contribution in [0.15, 0.2) is 54.5 Å². The normalized spacial score (nSPS) is 15.4. The third-order valence-electron chi connectivity index (χ3n) is 5.64. The first-order valence-corrected chi connectivity index (χ1v) is 10.6. The van der Waals surface area contributed by atoms with E-state index in [2.05, 4.69) is 4.98 Å². The molecule has 166 valence electrons. The van der Waals surface area contributed by atoms with Crippen molar-refractivity contribution in [3.63, 3.8) is 0 Å². The van der Waals surface area contributed by atoms with Crippen molar-refractivity contribution < 1.29 is 18.3 Å². The molecule has 7 heteroatoms. The number of hydrogen-bond acceptors (Lipinski definition) is 3. The molecule has 2 heterocycles. The van der Waals surface area contributed by atoms with Crippen LogP contribution in [0, 0.1) is 18.6 Å². The van der Waals surface area contributed by atoms with Crippen molar-refractivity contribution in [2.45, 2.75) is 26.2 Å². The number of nitrogens with zero attached hydrogens (tertiary/aromatic N) is 3. The van der Waals surface area contributed by atoms with Crippen LogP contribution in [0.4, 0.5) is 8.78 Å². The number of ether oxygens (including phenoxy) is 1. The summed E-state index contributed by atoms with van der Waals surface area (Å²) < 4.78 is 34.5.